The average Bonchev–Trinajstić information content (AvgIpc) is 2.54. The summed E-state index contributed by atoms with van der Waals surface area (Å²) in [4.78, 5) is 20.9. The standard InChI is InChI=1S/C16H26N4OS/c1-14(6-12-22-2)18-16(21)13-19-8-10-20(11-9-19)15-5-3-4-7-17-15/h3-5,7,14H,6,8-13H2,1-2H3,(H,18,21)/t14-/m0/s1. The van der Waals surface area contributed by atoms with Crippen molar-refractivity contribution < 1.29 is 4.79 Å². The summed E-state index contributed by atoms with van der Waals surface area (Å²) in [6, 6.07) is 6.24. The molecule has 1 aliphatic heterocycles. The Morgan fingerprint density at radius 2 is 2.14 bits per heavy atom. The first-order valence-electron chi connectivity index (χ1n) is 7.85. The van der Waals surface area contributed by atoms with Crippen LogP contribution in [0.25, 0.3) is 0 Å². The predicted molar refractivity (Wildman–Crippen MR) is 93.5 cm³/mol. The lowest BCUT2D eigenvalue weighted by atomic mass is 10.2. The fourth-order valence-electron chi connectivity index (χ4n) is 2.57. The minimum Gasteiger partial charge on any atom is -0.354 e. The van der Waals surface area contributed by atoms with Crippen LogP contribution in [0, 0.1) is 0 Å². The molecule has 2 heterocycles. The van der Waals surface area contributed by atoms with Gasteiger partial charge in [-0.1, -0.05) is 6.07 Å². The monoisotopic (exact) mass is 322 g/mol. The molecule has 1 fully saturated rings. The van der Waals surface area contributed by atoms with Gasteiger partial charge in [-0.05, 0) is 37.5 Å². The Morgan fingerprint density at radius 3 is 2.77 bits per heavy atom. The van der Waals surface area contributed by atoms with Gasteiger partial charge in [0.05, 0.1) is 6.54 Å². The molecule has 5 nitrogen and oxygen atoms in total. The van der Waals surface area contributed by atoms with Crippen molar-refractivity contribution in [1.29, 1.82) is 0 Å². The van der Waals surface area contributed by atoms with Crippen LogP contribution >= 0.6 is 11.8 Å². The third kappa shape index (κ3) is 5.50. The van der Waals surface area contributed by atoms with Crippen LogP contribution in [-0.2, 0) is 4.79 Å². The number of hydrogen-bond donors (Lipinski definition) is 1. The highest BCUT2D eigenvalue weighted by Crippen LogP contribution is 2.12. The Bertz CT molecular complexity index is 449. The summed E-state index contributed by atoms with van der Waals surface area (Å²) in [5.41, 5.74) is 0. The van der Waals surface area contributed by atoms with Crippen molar-refractivity contribution in [1.82, 2.24) is 15.2 Å². The van der Waals surface area contributed by atoms with E-state index in [0.29, 0.717) is 6.54 Å². The lowest BCUT2D eigenvalue weighted by molar-refractivity contribution is -0.122. The molecule has 1 aliphatic rings. The first-order valence-corrected chi connectivity index (χ1v) is 9.25. The topological polar surface area (TPSA) is 48.5 Å². The zero-order valence-electron chi connectivity index (χ0n) is 13.5. The van der Waals surface area contributed by atoms with E-state index in [-0.39, 0.29) is 11.9 Å². The Hall–Kier alpha value is -1.27. The molecule has 1 N–H and O–H groups in total. The van der Waals surface area contributed by atoms with Gasteiger partial charge in [-0.15, -0.1) is 0 Å². The number of aromatic nitrogens is 1. The second-order valence-electron chi connectivity index (χ2n) is 5.70. The minimum atomic E-state index is 0.139. The van der Waals surface area contributed by atoms with Crippen molar-refractivity contribution in [3.8, 4) is 0 Å². The molecular weight excluding hydrogens is 296 g/mol. The number of hydrogen-bond acceptors (Lipinski definition) is 5. The SMILES string of the molecule is CSCC[C@H](C)NC(=O)CN1CCN(c2ccccn2)CC1. The number of anilines is 1. The van der Waals surface area contributed by atoms with Crippen molar-refractivity contribution in [2.24, 2.45) is 0 Å². The molecule has 1 atom stereocenters. The molecule has 0 radical (unpaired) electrons. The van der Waals surface area contributed by atoms with Gasteiger partial charge >= 0.3 is 0 Å². The molecule has 1 amide bonds. The van der Waals surface area contributed by atoms with Crippen LogP contribution in [0.1, 0.15) is 13.3 Å². The van der Waals surface area contributed by atoms with Gasteiger partial charge in [0, 0.05) is 38.4 Å². The fourth-order valence-corrected chi connectivity index (χ4v) is 3.16. The first kappa shape index (κ1) is 17.1. The van der Waals surface area contributed by atoms with Crippen molar-refractivity contribution in [2.75, 3.05) is 49.6 Å². The number of nitrogens with one attached hydrogen (secondary N) is 1. The van der Waals surface area contributed by atoms with Gasteiger partial charge in [-0.3, -0.25) is 9.69 Å². The van der Waals surface area contributed by atoms with E-state index >= 15 is 0 Å². The number of thioether (sulfide) groups is 1. The van der Waals surface area contributed by atoms with Crippen LogP contribution in [0.5, 0.6) is 0 Å². The molecule has 0 unspecified atom stereocenters. The maximum absolute atomic E-state index is 12.1. The third-order valence-corrected chi connectivity index (χ3v) is 4.52. The highest BCUT2D eigenvalue weighted by Gasteiger charge is 2.20. The van der Waals surface area contributed by atoms with E-state index in [4.69, 9.17) is 0 Å². The summed E-state index contributed by atoms with van der Waals surface area (Å²) in [6.07, 6.45) is 4.95. The molecule has 0 aromatic carbocycles. The maximum Gasteiger partial charge on any atom is 0.234 e. The van der Waals surface area contributed by atoms with E-state index in [2.05, 4.69) is 33.3 Å². The molecule has 0 bridgehead atoms. The number of piperazine rings is 1. The number of pyridine rings is 1. The number of carbonyl (C=O) groups is 1. The van der Waals surface area contributed by atoms with Gasteiger partial charge in [-0.25, -0.2) is 4.98 Å². The first-order chi connectivity index (χ1) is 10.7. The minimum absolute atomic E-state index is 0.139. The largest absolute Gasteiger partial charge is 0.354 e. The molecule has 22 heavy (non-hydrogen) atoms. The number of rotatable bonds is 7. The quantitative estimate of drug-likeness (QED) is 0.824. The summed E-state index contributed by atoms with van der Waals surface area (Å²) < 4.78 is 0. The fraction of sp³-hybridized carbons (Fsp3) is 0.625. The molecule has 1 aromatic heterocycles. The number of nitrogens with zero attached hydrogens (tertiary/aromatic N) is 3. The van der Waals surface area contributed by atoms with Crippen LogP contribution < -0.4 is 10.2 Å². The highest BCUT2D eigenvalue weighted by atomic mass is 32.2. The van der Waals surface area contributed by atoms with Gasteiger partial charge in [0.1, 0.15) is 5.82 Å². The van der Waals surface area contributed by atoms with Crippen LogP contribution in [-0.4, -0.2) is 66.6 Å². The van der Waals surface area contributed by atoms with E-state index < -0.39 is 0 Å². The van der Waals surface area contributed by atoms with E-state index in [1.807, 2.05) is 36.2 Å². The Labute approximate surface area is 137 Å². The lowest BCUT2D eigenvalue weighted by Gasteiger charge is -2.35. The van der Waals surface area contributed by atoms with Gasteiger partial charge < -0.3 is 10.2 Å². The second kappa shape index (κ2) is 9.00. The molecule has 1 aromatic rings. The van der Waals surface area contributed by atoms with Crippen molar-refractivity contribution >= 4 is 23.5 Å². The summed E-state index contributed by atoms with van der Waals surface area (Å²) >= 11 is 1.82. The Morgan fingerprint density at radius 1 is 1.36 bits per heavy atom. The van der Waals surface area contributed by atoms with Crippen molar-refractivity contribution in [3.05, 3.63) is 24.4 Å². The Kier molecular flexibility index (Phi) is 6.99. The van der Waals surface area contributed by atoms with Crippen molar-refractivity contribution in [2.45, 2.75) is 19.4 Å². The smallest absolute Gasteiger partial charge is 0.234 e. The average molecular weight is 322 g/mol. The van der Waals surface area contributed by atoms with Gasteiger partial charge in [0.25, 0.3) is 0 Å². The molecule has 122 valence electrons. The van der Waals surface area contributed by atoms with E-state index in [1.165, 1.54) is 0 Å². The Balaban J connectivity index is 1.70. The van der Waals surface area contributed by atoms with E-state index in [1.54, 1.807) is 0 Å². The van der Waals surface area contributed by atoms with Crippen LogP contribution in [0.3, 0.4) is 0 Å². The molecule has 0 spiro atoms. The van der Waals surface area contributed by atoms with Gasteiger partial charge in [0.2, 0.25) is 5.91 Å². The summed E-state index contributed by atoms with van der Waals surface area (Å²) in [6.45, 7) is 6.23. The van der Waals surface area contributed by atoms with Crippen LogP contribution in [0.2, 0.25) is 0 Å². The zero-order valence-corrected chi connectivity index (χ0v) is 14.3. The molecule has 0 aliphatic carbocycles. The van der Waals surface area contributed by atoms with E-state index in [9.17, 15) is 4.79 Å². The normalized spacial score (nSPS) is 17.3. The molecule has 0 saturated carbocycles. The molecular formula is C16H26N4OS. The maximum atomic E-state index is 12.1. The molecule has 1 saturated heterocycles. The zero-order chi connectivity index (χ0) is 15.8. The third-order valence-electron chi connectivity index (χ3n) is 3.88. The summed E-state index contributed by atoms with van der Waals surface area (Å²) in [7, 11) is 0. The second-order valence-corrected chi connectivity index (χ2v) is 6.69. The van der Waals surface area contributed by atoms with Crippen LogP contribution in [0.4, 0.5) is 5.82 Å². The summed E-state index contributed by atoms with van der Waals surface area (Å²) in [5.74, 6) is 2.25. The van der Waals surface area contributed by atoms with Gasteiger partial charge in [-0.2, -0.15) is 11.8 Å². The lowest BCUT2D eigenvalue weighted by Crippen LogP contribution is -2.50. The molecule has 2 rings (SSSR count). The van der Waals surface area contributed by atoms with Crippen LogP contribution in [0.15, 0.2) is 24.4 Å². The highest BCUT2D eigenvalue weighted by molar-refractivity contribution is 7.98. The summed E-state index contributed by atoms with van der Waals surface area (Å²) in [5, 5.41) is 3.08. The predicted octanol–water partition coefficient (Wildman–Crippen LogP) is 1.46. The van der Waals surface area contributed by atoms with Crippen molar-refractivity contribution in [3.63, 3.8) is 0 Å². The number of carbonyl (C=O) groups excluding carboxylic acids is 1. The number of amides is 1. The van der Waals surface area contributed by atoms with E-state index in [0.717, 1.165) is 44.2 Å². The van der Waals surface area contributed by atoms with Gasteiger partial charge in [0.15, 0.2) is 0 Å². The molecule has 6 heteroatoms.